The van der Waals surface area contributed by atoms with E-state index in [9.17, 15) is 4.39 Å². The van der Waals surface area contributed by atoms with Gasteiger partial charge in [-0.25, -0.2) is 4.39 Å². The molecule has 0 radical (unpaired) electrons. The minimum atomic E-state index is -0.324. The summed E-state index contributed by atoms with van der Waals surface area (Å²) in [6, 6.07) is 5.93. The van der Waals surface area contributed by atoms with Crippen molar-refractivity contribution in [3.8, 4) is 0 Å². The normalized spacial score (nSPS) is 11.5. The van der Waals surface area contributed by atoms with Crippen LogP contribution in [0.4, 0.5) is 15.9 Å². The Balaban J connectivity index is 2.58. The zero-order valence-electron chi connectivity index (χ0n) is 12.0. The summed E-state index contributed by atoms with van der Waals surface area (Å²) in [5, 5.41) is 20.2. The van der Waals surface area contributed by atoms with Gasteiger partial charge in [0.1, 0.15) is 5.82 Å². The number of hydrogen-bond acceptors (Lipinski definition) is 5. The van der Waals surface area contributed by atoms with Crippen LogP contribution in [0, 0.1) is 19.7 Å². The lowest BCUT2D eigenvalue weighted by Crippen LogP contribution is -2.23. The summed E-state index contributed by atoms with van der Waals surface area (Å²) in [5.41, 5.74) is 8.41. The van der Waals surface area contributed by atoms with Crippen molar-refractivity contribution in [1.82, 2.24) is 10.2 Å². The van der Waals surface area contributed by atoms with Crippen molar-refractivity contribution in [2.45, 2.75) is 13.8 Å². The van der Waals surface area contributed by atoms with E-state index in [1.165, 1.54) is 12.1 Å². The minimum absolute atomic E-state index is 0.0468. The van der Waals surface area contributed by atoms with E-state index in [2.05, 4.69) is 15.4 Å². The molecule has 7 heteroatoms. The second-order valence-corrected chi connectivity index (χ2v) is 4.63. The third-order valence-electron chi connectivity index (χ3n) is 3.33. The Morgan fingerprint density at radius 3 is 2.43 bits per heavy atom. The number of amidine groups is 1. The van der Waals surface area contributed by atoms with Crippen molar-refractivity contribution in [2.24, 2.45) is 10.9 Å². The SMILES string of the molecule is Cc1nnc(N(C)c2ccc(F)cc2)c(C(N)=NO)c1C. The van der Waals surface area contributed by atoms with Crippen molar-refractivity contribution in [2.75, 3.05) is 11.9 Å². The summed E-state index contributed by atoms with van der Waals surface area (Å²) in [6.45, 7) is 3.61. The standard InChI is InChI=1S/C14H16FN5O/c1-8-9(2)17-18-14(12(8)13(16)19-21)20(3)11-6-4-10(15)5-7-11/h4-7,21H,1-3H3,(H2,16,19). The fourth-order valence-corrected chi connectivity index (χ4v) is 1.97. The number of benzene rings is 1. The lowest BCUT2D eigenvalue weighted by molar-refractivity contribution is 0.318. The highest BCUT2D eigenvalue weighted by Gasteiger charge is 2.19. The Bertz CT molecular complexity index is 685. The maximum absolute atomic E-state index is 13.0. The number of hydrogen-bond donors (Lipinski definition) is 2. The zero-order valence-corrected chi connectivity index (χ0v) is 12.0. The molecular formula is C14H16FN5O. The lowest BCUT2D eigenvalue weighted by Gasteiger charge is -2.22. The number of rotatable bonds is 3. The average Bonchev–Trinajstić information content (AvgIpc) is 2.49. The third-order valence-corrected chi connectivity index (χ3v) is 3.33. The summed E-state index contributed by atoms with van der Waals surface area (Å²) >= 11 is 0. The summed E-state index contributed by atoms with van der Waals surface area (Å²) in [6.07, 6.45) is 0. The predicted octanol–water partition coefficient (Wildman–Crippen LogP) is 2.09. The first-order chi connectivity index (χ1) is 9.95. The van der Waals surface area contributed by atoms with Crippen LogP contribution in [-0.2, 0) is 0 Å². The van der Waals surface area contributed by atoms with Crippen LogP contribution in [0.25, 0.3) is 0 Å². The van der Waals surface area contributed by atoms with Crippen LogP contribution in [0.3, 0.4) is 0 Å². The third kappa shape index (κ3) is 2.76. The average molecular weight is 289 g/mol. The molecule has 2 rings (SSSR count). The summed E-state index contributed by atoms with van der Waals surface area (Å²) in [4.78, 5) is 1.70. The number of halogens is 1. The summed E-state index contributed by atoms with van der Waals surface area (Å²) < 4.78 is 13.0. The van der Waals surface area contributed by atoms with Gasteiger partial charge in [0.25, 0.3) is 0 Å². The molecular weight excluding hydrogens is 273 g/mol. The molecule has 1 aromatic heterocycles. The van der Waals surface area contributed by atoms with Crippen molar-refractivity contribution in [3.63, 3.8) is 0 Å². The Morgan fingerprint density at radius 2 is 1.86 bits per heavy atom. The van der Waals surface area contributed by atoms with Crippen LogP contribution in [0.1, 0.15) is 16.8 Å². The van der Waals surface area contributed by atoms with Gasteiger partial charge in [-0.15, -0.1) is 5.10 Å². The molecule has 6 nitrogen and oxygen atoms in total. The first kappa shape index (κ1) is 14.7. The minimum Gasteiger partial charge on any atom is -0.409 e. The second kappa shape index (κ2) is 5.74. The molecule has 0 atom stereocenters. The van der Waals surface area contributed by atoms with Gasteiger partial charge in [-0.05, 0) is 43.7 Å². The summed E-state index contributed by atoms with van der Waals surface area (Å²) in [7, 11) is 1.75. The molecule has 21 heavy (non-hydrogen) atoms. The number of anilines is 2. The first-order valence-corrected chi connectivity index (χ1v) is 6.26. The van der Waals surface area contributed by atoms with Gasteiger partial charge in [0.05, 0.1) is 11.3 Å². The van der Waals surface area contributed by atoms with Crippen molar-refractivity contribution >= 4 is 17.3 Å². The van der Waals surface area contributed by atoms with E-state index in [0.717, 1.165) is 5.56 Å². The van der Waals surface area contributed by atoms with Crippen molar-refractivity contribution in [3.05, 3.63) is 46.9 Å². The molecule has 1 aromatic carbocycles. The fraction of sp³-hybridized carbons (Fsp3) is 0.214. The molecule has 0 bridgehead atoms. The molecule has 0 saturated heterocycles. The van der Waals surface area contributed by atoms with Crippen LogP contribution in [0.2, 0.25) is 0 Å². The van der Waals surface area contributed by atoms with Gasteiger partial charge in [-0.1, -0.05) is 5.16 Å². The zero-order chi connectivity index (χ0) is 15.6. The van der Waals surface area contributed by atoms with Gasteiger partial charge in [0.2, 0.25) is 0 Å². The van der Waals surface area contributed by atoms with Crippen LogP contribution in [0.15, 0.2) is 29.4 Å². The second-order valence-electron chi connectivity index (χ2n) is 4.63. The molecule has 0 spiro atoms. The predicted molar refractivity (Wildman–Crippen MR) is 78.5 cm³/mol. The molecule has 2 aromatic rings. The molecule has 0 aliphatic heterocycles. The van der Waals surface area contributed by atoms with Crippen molar-refractivity contribution in [1.29, 1.82) is 0 Å². The Labute approximate surface area is 121 Å². The summed E-state index contributed by atoms with van der Waals surface area (Å²) in [5.74, 6) is 0.0597. The number of aromatic nitrogens is 2. The Hall–Kier alpha value is -2.70. The van der Waals surface area contributed by atoms with Crippen LogP contribution in [-0.4, -0.2) is 28.3 Å². The number of nitrogens with two attached hydrogens (primary N) is 1. The highest BCUT2D eigenvalue weighted by molar-refractivity contribution is 6.03. The van der Waals surface area contributed by atoms with E-state index in [-0.39, 0.29) is 11.7 Å². The molecule has 1 heterocycles. The fourth-order valence-electron chi connectivity index (χ4n) is 1.97. The van der Waals surface area contributed by atoms with E-state index in [4.69, 9.17) is 10.9 Å². The topological polar surface area (TPSA) is 87.6 Å². The first-order valence-electron chi connectivity index (χ1n) is 6.26. The van der Waals surface area contributed by atoms with E-state index < -0.39 is 0 Å². The molecule has 0 amide bonds. The van der Waals surface area contributed by atoms with Gasteiger partial charge in [-0.3, -0.25) is 0 Å². The molecule has 0 aliphatic carbocycles. The van der Waals surface area contributed by atoms with Crippen LogP contribution >= 0.6 is 0 Å². The molecule has 3 N–H and O–H groups in total. The van der Waals surface area contributed by atoms with Crippen LogP contribution in [0.5, 0.6) is 0 Å². The van der Waals surface area contributed by atoms with E-state index in [0.29, 0.717) is 22.8 Å². The molecule has 0 fully saturated rings. The largest absolute Gasteiger partial charge is 0.409 e. The van der Waals surface area contributed by atoms with Gasteiger partial charge in [0.15, 0.2) is 11.7 Å². The smallest absolute Gasteiger partial charge is 0.174 e. The molecule has 0 unspecified atom stereocenters. The quantitative estimate of drug-likeness (QED) is 0.391. The highest BCUT2D eigenvalue weighted by atomic mass is 19.1. The van der Waals surface area contributed by atoms with Gasteiger partial charge in [-0.2, -0.15) is 5.10 Å². The molecule has 0 saturated carbocycles. The van der Waals surface area contributed by atoms with Gasteiger partial charge in [0, 0.05) is 12.7 Å². The lowest BCUT2D eigenvalue weighted by atomic mass is 10.1. The number of oxime groups is 1. The monoisotopic (exact) mass is 289 g/mol. The molecule has 110 valence electrons. The highest BCUT2D eigenvalue weighted by Crippen LogP contribution is 2.27. The Morgan fingerprint density at radius 1 is 1.24 bits per heavy atom. The van der Waals surface area contributed by atoms with Crippen LogP contribution < -0.4 is 10.6 Å². The molecule has 0 aliphatic rings. The van der Waals surface area contributed by atoms with Gasteiger partial charge < -0.3 is 15.8 Å². The van der Waals surface area contributed by atoms with E-state index in [1.54, 1.807) is 31.0 Å². The van der Waals surface area contributed by atoms with E-state index in [1.807, 2.05) is 6.92 Å². The number of nitrogens with zero attached hydrogens (tertiary/aromatic N) is 4. The maximum Gasteiger partial charge on any atom is 0.174 e. The Kier molecular flexibility index (Phi) is 4.02. The number of aryl methyl sites for hydroxylation is 1. The van der Waals surface area contributed by atoms with Gasteiger partial charge >= 0.3 is 0 Å². The maximum atomic E-state index is 13.0. The van der Waals surface area contributed by atoms with Crippen molar-refractivity contribution < 1.29 is 9.60 Å². The van der Waals surface area contributed by atoms with E-state index >= 15 is 0 Å².